The maximum absolute atomic E-state index is 12.2. The number of aromatic hydroxyl groups is 1. The van der Waals surface area contributed by atoms with Gasteiger partial charge in [0, 0.05) is 17.7 Å². The van der Waals surface area contributed by atoms with Crippen LogP contribution in [0.5, 0.6) is 11.5 Å². The van der Waals surface area contributed by atoms with Gasteiger partial charge in [-0.05, 0) is 12.1 Å². The molecule has 0 spiro atoms. The number of phenols is 1. The Morgan fingerprint density at radius 2 is 1.95 bits per heavy atom. The highest BCUT2D eigenvalue weighted by Crippen LogP contribution is 2.33. The third kappa shape index (κ3) is 2.32. The van der Waals surface area contributed by atoms with E-state index in [2.05, 4.69) is 5.32 Å². The van der Waals surface area contributed by atoms with Crippen LogP contribution in [0.25, 0.3) is 0 Å². The van der Waals surface area contributed by atoms with Gasteiger partial charge in [0.15, 0.2) is 0 Å². The number of benzene rings is 2. The number of hydrogen-bond donors (Lipinski definition) is 2. The third-order valence-corrected chi connectivity index (χ3v) is 3.46. The fraction of sp³-hybridized carbons (Fsp3) is 0.188. The van der Waals surface area contributed by atoms with E-state index >= 15 is 0 Å². The molecule has 1 unspecified atom stereocenters. The van der Waals surface area contributed by atoms with Crippen LogP contribution >= 0.6 is 0 Å². The van der Waals surface area contributed by atoms with Crippen molar-refractivity contribution in [2.45, 2.75) is 12.5 Å². The Labute approximate surface area is 117 Å². The molecule has 1 aliphatic heterocycles. The van der Waals surface area contributed by atoms with Crippen molar-refractivity contribution in [2.75, 3.05) is 6.61 Å². The van der Waals surface area contributed by atoms with E-state index in [4.69, 9.17) is 4.74 Å². The number of nitrogens with one attached hydrogen (secondary N) is 1. The zero-order valence-corrected chi connectivity index (χ0v) is 10.9. The molecule has 20 heavy (non-hydrogen) atoms. The van der Waals surface area contributed by atoms with Crippen LogP contribution in [0.15, 0.2) is 48.5 Å². The summed E-state index contributed by atoms with van der Waals surface area (Å²) in [4.78, 5) is 12.2. The topological polar surface area (TPSA) is 58.6 Å². The van der Waals surface area contributed by atoms with Crippen LogP contribution in [0.1, 0.15) is 17.0 Å². The monoisotopic (exact) mass is 269 g/mol. The maximum atomic E-state index is 12.2. The molecule has 0 aliphatic carbocycles. The molecule has 0 fully saturated rings. The van der Waals surface area contributed by atoms with E-state index in [1.807, 2.05) is 30.3 Å². The quantitative estimate of drug-likeness (QED) is 0.898. The summed E-state index contributed by atoms with van der Waals surface area (Å²) in [6, 6.07) is 14.5. The first kappa shape index (κ1) is 12.5. The number of phenolic OH excluding ortho intramolecular Hbond substituents is 1. The van der Waals surface area contributed by atoms with Crippen molar-refractivity contribution in [3.8, 4) is 11.5 Å². The first-order valence-corrected chi connectivity index (χ1v) is 6.52. The van der Waals surface area contributed by atoms with Crippen LogP contribution in [0.2, 0.25) is 0 Å². The van der Waals surface area contributed by atoms with Gasteiger partial charge in [-0.2, -0.15) is 0 Å². The highest BCUT2D eigenvalue weighted by molar-refractivity contribution is 5.85. The van der Waals surface area contributed by atoms with Crippen molar-refractivity contribution < 1.29 is 14.6 Å². The van der Waals surface area contributed by atoms with Crippen molar-refractivity contribution >= 4 is 5.91 Å². The van der Waals surface area contributed by atoms with Gasteiger partial charge in [-0.3, -0.25) is 4.79 Å². The Kier molecular flexibility index (Phi) is 3.29. The van der Waals surface area contributed by atoms with E-state index in [9.17, 15) is 9.90 Å². The summed E-state index contributed by atoms with van der Waals surface area (Å²) in [6.07, 6.45) is 0. The second kappa shape index (κ2) is 5.25. The fourth-order valence-electron chi connectivity index (χ4n) is 2.35. The molecule has 3 rings (SSSR count). The highest BCUT2D eigenvalue weighted by atomic mass is 16.5. The maximum Gasteiger partial charge on any atom is 0.231 e. The molecule has 1 atom stereocenters. The molecule has 2 N–H and O–H groups in total. The van der Waals surface area contributed by atoms with E-state index in [0.717, 1.165) is 11.3 Å². The average molecular weight is 269 g/mol. The number of ether oxygens (including phenoxy) is 1. The summed E-state index contributed by atoms with van der Waals surface area (Å²) in [5.41, 5.74) is 1.62. The first-order chi connectivity index (χ1) is 9.75. The standard InChI is InChI=1S/C16H15NO3/c18-14-7-3-1-5-11(14)9-17-16(19)13-10-20-15-8-4-2-6-12(13)15/h1-8,13,18H,9-10H2,(H,17,19). The Bertz CT molecular complexity index is 639. The first-order valence-electron chi connectivity index (χ1n) is 6.52. The van der Waals surface area contributed by atoms with Crippen molar-refractivity contribution in [1.29, 1.82) is 0 Å². The summed E-state index contributed by atoms with van der Waals surface area (Å²) in [5.74, 6) is 0.598. The molecule has 1 amide bonds. The van der Waals surface area contributed by atoms with Gasteiger partial charge in [-0.15, -0.1) is 0 Å². The van der Waals surface area contributed by atoms with E-state index in [1.54, 1.807) is 18.2 Å². The molecule has 1 aliphatic rings. The summed E-state index contributed by atoms with van der Waals surface area (Å²) in [6.45, 7) is 0.677. The minimum absolute atomic E-state index is 0.0850. The highest BCUT2D eigenvalue weighted by Gasteiger charge is 2.29. The number of rotatable bonds is 3. The number of fused-ring (bicyclic) bond motifs is 1. The second-order valence-corrected chi connectivity index (χ2v) is 4.75. The molecule has 4 heteroatoms. The SMILES string of the molecule is O=C(NCc1ccccc1O)C1COc2ccccc21. The van der Waals surface area contributed by atoms with E-state index in [-0.39, 0.29) is 17.6 Å². The van der Waals surface area contributed by atoms with Gasteiger partial charge in [-0.25, -0.2) is 0 Å². The zero-order chi connectivity index (χ0) is 13.9. The summed E-state index contributed by atoms with van der Waals surface area (Å²) < 4.78 is 5.50. The molecular weight excluding hydrogens is 254 g/mol. The van der Waals surface area contributed by atoms with Gasteiger partial charge >= 0.3 is 0 Å². The number of hydrogen-bond acceptors (Lipinski definition) is 3. The molecule has 4 nitrogen and oxygen atoms in total. The van der Waals surface area contributed by atoms with Gasteiger partial charge in [-0.1, -0.05) is 36.4 Å². The van der Waals surface area contributed by atoms with Crippen LogP contribution in [0.4, 0.5) is 0 Å². The lowest BCUT2D eigenvalue weighted by molar-refractivity contribution is -0.122. The Morgan fingerprint density at radius 1 is 1.20 bits per heavy atom. The summed E-state index contributed by atoms with van der Waals surface area (Å²) >= 11 is 0. The Hall–Kier alpha value is -2.49. The second-order valence-electron chi connectivity index (χ2n) is 4.75. The molecule has 1 heterocycles. The largest absolute Gasteiger partial charge is 0.508 e. The molecular formula is C16H15NO3. The number of carbonyl (C=O) groups excluding carboxylic acids is 1. The van der Waals surface area contributed by atoms with Crippen molar-refractivity contribution in [2.24, 2.45) is 0 Å². The lowest BCUT2D eigenvalue weighted by Gasteiger charge is -2.11. The fourth-order valence-corrected chi connectivity index (χ4v) is 2.35. The third-order valence-electron chi connectivity index (χ3n) is 3.46. The van der Waals surface area contributed by atoms with Crippen molar-refractivity contribution in [3.63, 3.8) is 0 Å². The average Bonchev–Trinajstić information content (AvgIpc) is 2.90. The Balaban J connectivity index is 1.68. The predicted octanol–water partition coefficient (Wildman–Crippen LogP) is 2.18. The predicted molar refractivity (Wildman–Crippen MR) is 74.6 cm³/mol. The lowest BCUT2D eigenvalue weighted by atomic mass is 10.0. The van der Waals surface area contributed by atoms with Gasteiger partial charge in [0.25, 0.3) is 0 Å². The molecule has 0 radical (unpaired) electrons. The van der Waals surface area contributed by atoms with Gasteiger partial charge in [0.2, 0.25) is 5.91 Å². The normalized spacial score (nSPS) is 16.3. The van der Waals surface area contributed by atoms with Crippen molar-refractivity contribution in [3.05, 3.63) is 59.7 Å². The summed E-state index contributed by atoms with van der Waals surface area (Å²) in [5, 5.41) is 12.5. The molecule has 0 bridgehead atoms. The zero-order valence-electron chi connectivity index (χ0n) is 10.9. The van der Waals surface area contributed by atoms with E-state index in [1.165, 1.54) is 0 Å². The molecule has 0 aromatic heterocycles. The van der Waals surface area contributed by atoms with E-state index < -0.39 is 0 Å². The van der Waals surface area contributed by atoms with Crippen LogP contribution in [0, 0.1) is 0 Å². The molecule has 2 aromatic rings. The molecule has 0 saturated carbocycles. The number of carbonyl (C=O) groups is 1. The molecule has 102 valence electrons. The van der Waals surface area contributed by atoms with Crippen LogP contribution in [0.3, 0.4) is 0 Å². The van der Waals surface area contributed by atoms with Gasteiger partial charge in [0.1, 0.15) is 24.0 Å². The van der Waals surface area contributed by atoms with Gasteiger partial charge in [0.05, 0.1) is 0 Å². The summed E-state index contributed by atoms with van der Waals surface area (Å²) in [7, 11) is 0. The minimum atomic E-state index is -0.281. The smallest absolute Gasteiger partial charge is 0.231 e. The number of para-hydroxylation sites is 2. The lowest BCUT2D eigenvalue weighted by Crippen LogP contribution is -2.29. The molecule has 2 aromatic carbocycles. The van der Waals surface area contributed by atoms with Crippen LogP contribution < -0.4 is 10.1 Å². The minimum Gasteiger partial charge on any atom is -0.508 e. The number of amides is 1. The van der Waals surface area contributed by atoms with E-state index in [0.29, 0.717) is 18.7 Å². The van der Waals surface area contributed by atoms with Gasteiger partial charge < -0.3 is 15.2 Å². The van der Waals surface area contributed by atoms with Crippen molar-refractivity contribution in [1.82, 2.24) is 5.32 Å². The van der Waals surface area contributed by atoms with Crippen LogP contribution in [-0.4, -0.2) is 17.6 Å². The molecule has 0 saturated heterocycles. The Morgan fingerprint density at radius 3 is 2.80 bits per heavy atom. The van der Waals surface area contributed by atoms with Crippen LogP contribution in [-0.2, 0) is 11.3 Å².